The molecule has 1 amide bonds. The topological polar surface area (TPSA) is 70.7 Å². The minimum Gasteiger partial charge on any atom is -0.353 e. The van der Waals surface area contributed by atoms with E-state index in [9.17, 15) is 4.79 Å². The molecular formula is C10H14N4O. The number of amides is 1. The van der Waals surface area contributed by atoms with Crippen LogP contribution in [0, 0.1) is 5.92 Å². The summed E-state index contributed by atoms with van der Waals surface area (Å²) in [5, 5.41) is 13.8. The van der Waals surface area contributed by atoms with Gasteiger partial charge < -0.3 is 5.32 Å². The van der Waals surface area contributed by atoms with E-state index < -0.39 is 0 Å². The molecule has 80 valence electrons. The van der Waals surface area contributed by atoms with Gasteiger partial charge in [-0.05, 0) is 25.7 Å². The van der Waals surface area contributed by atoms with Gasteiger partial charge in [-0.1, -0.05) is 0 Å². The van der Waals surface area contributed by atoms with Crippen molar-refractivity contribution in [2.24, 2.45) is 5.92 Å². The number of rotatable bonds is 2. The number of aromatic amines is 1. The van der Waals surface area contributed by atoms with E-state index in [1.54, 1.807) is 0 Å². The van der Waals surface area contributed by atoms with Crippen LogP contribution in [0.15, 0.2) is 0 Å². The second kappa shape index (κ2) is 3.32. The number of nitrogens with one attached hydrogen (secondary N) is 2. The highest BCUT2D eigenvalue weighted by molar-refractivity contribution is 5.79. The highest BCUT2D eigenvalue weighted by Crippen LogP contribution is 2.24. The summed E-state index contributed by atoms with van der Waals surface area (Å²) in [5.41, 5.74) is 2.00. The lowest BCUT2D eigenvalue weighted by molar-refractivity contribution is -0.125. The first-order chi connectivity index (χ1) is 7.33. The fourth-order valence-corrected chi connectivity index (χ4v) is 2.06. The zero-order valence-corrected chi connectivity index (χ0v) is 8.49. The molecule has 0 aromatic carbocycles. The third-order valence-corrected chi connectivity index (χ3v) is 3.17. The lowest BCUT2D eigenvalue weighted by Crippen LogP contribution is -2.35. The van der Waals surface area contributed by atoms with Gasteiger partial charge in [0.05, 0.1) is 11.4 Å². The minimum atomic E-state index is 0.100. The maximum atomic E-state index is 11.8. The van der Waals surface area contributed by atoms with Crippen LogP contribution in [0.25, 0.3) is 0 Å². The SMILES string of the molecule is O=C(NC1CC1)C1CCc2n[nH]nc2C1. The molecule has 0 radical (unpaired) electrons. The molecule has 1 aromatic heterocycles. The molecule has 5 nitrogen and oxygen atoms in total. The van der Waals surface area contributed by atoms with Crippen LogP contribution in [0.5, 0.6) is 0 Å². The van der Waals surface area contributed by atoms with Crippen molar-refractivity contribution < 1.29 is 4.79 Å². The molecule has 3 rings (SSSR count). The molecule has 2 aliphatic carbocycles. The van der Waals surface area contributed by atoms with Gasteiger partial charge in [0.2, 0.25) is 5.91 Å². The predicted octanol–water partition coefficient (Wildman–Crippen LogP) is 0.188. The largest absolute Gasteiger partial charge is 0.353 e. The Balaban J connectivity index is 1.66. The van der Waals surface area contributed by atoms with Crippen molar-refractivity contribution in [3.05, 3.63) is 11.4 Å². The Morgan fingerprint density at radius 1 is 1.27 bits per heavy atom. The van der Waals surface area contributed by atoms with E-state index in [1.807, 2.05) is 0 Å². The van der Waals surface area contributed by atoms with Crippen LogP contribution < -0.4 is 5.32 Å². The lowest BCUT2D eigenvalue weighted by Gasteiger charge is -2.19. The summed E-state index contributed by atoms with van der Waals surface area (Å²) in [7, 11) is 0. The van der Waals surface area contributed by atoms with Crippen LogP contribution >= 0.6 is 0 Å². The Labute approximate surface area is 87.6 Å². The number of fused-ring (bicyclic) bond motifs is 1. The Morgan fingerprint density at radius 3 is 2.87 bits per heavy atom. The summed E-state index contributed by atoms with van der Waals surface area (Å²) >= 11 is 0. The molecule has 0 aliphatic heterocycles. The summed E-state index contributed by atoms with van der Waals surface area (Å²) < 4.78 is 0. The van der Waals surface area contributed by atoms with Crippen molar-refractivity contribution in [3.8, 4) is 0 Å². The third kappa shape index (κ3) is 1.73. The van der Waals surface area contributed by atoms with E-state index in [0.717, 1.165) is 43.5 Å². The van der Waals surface area contributed by atoms with E-state index in [1.165, 1.54) is 0 Å². The molecule has 1 fully saturated rings. The monoisotopic (exact) mass is 206 g/mol. The van der Waals surface area contributed by atoms with Crippen LogP contribution in [0.3, 0.4) is 0 Å². The predicted molar refractivity (Wildman–Crippen MR) is 53.1 cm³/mol. The number of hydrogen-bond donors (Lipinski definition) is 2. The van der Waals surface area contributed by atoms with Crippen molar-refractivity contribution >= 4 is 5.91 Å². The molecule has 1 saturated carbocycles. The molecule has 1 unspecified atom stereocenters. The highest BCUT2D eigenvalue weighted by atomic mass is 16.2. The zero-order valence-electron chi connectivity index (χ0n) is 8.49. The van der Waals surface area contributed by atoms with E-state index in [2.05, 4.69) is 20.7 Å². The molecule has 0 bridgehead atoms. The summed E-state index contributed by atoms with van der Waals surface area (Å²) in [6.07, 6.45) is 4.80. The Bertz CT molecular complexity index is 383. The highest BCUT2D eigenvalue weighted by Gasteiger charge is 2.30. The third-order valence-electron chi connectivity index (χ3n) is 3.17. The zero-order chi connectivity index (χ0) is 10.3. The van der Waals surface area contributed by atoms with Gasteiger partial charge in [-0.15, -0.1) is 0 Å². The van der Waals surface area contributed by atoms with Gasteiger partial charge in [0, 0.05) is 18.4 Å². The fourth-order valence-electron chi connectivity index (χ4n) is 2.06. The molecule has 2 N–H and O–H groups in total. The number of carbonyl (C=O) groups is 1. The molecule has 1 atom stereocenters. The number of carbonyl (C=O) groups excluding carboxylic acids is 1. The molecule has 2 aliphatic rings. The summed E-state index contributed by atoms with van der Waals surface area (Å²) in [6.45, 7) is 0. The second-order valence-corrected chi connectivity index (χ2v) is 4.44. The van der Waals surface area contributed by atoms with E-state index in [-0.39, 0.29) is 11.8 Å². The van der Waals surface area contributed by atoms with Crippen molar-refractivity contribution in [2.75, 3.05) is 0 Å². The molecule has 0 spiro atoms. The second-order valence-electron chi connectivity index (χ2n) is 4.44. The summed E-state index contributed by atoms with van der Waals surface area (Å²) in [5.74, 6) is 0.300. The van der Waals surface area contributed by atoms with Gasteiger partial charge in [0.1, 0.15) is 0 Å². The normalized spacial score (nSPS) is 24.7. The molecule has 0 saturated heterocycles. The molecular weight excluding hydrogens is 192 g/mol. The van der Waals surface area contributed by atoms with Crippen LogP contribution in [0.2, 0.25) is 0 Å². The Hall–Kier alpha value is -1.39. The van der Waals surface area contributed by atoms with Gasteiger partial charge in [-0.25, -0.2) is 0 Å². The van der Waals surface area contributed by atoms with Gasteiger partial charge in [0.15, 0.2) is 0 Å². The molecule has 1 aromatic rings. The number of hydrogen-bond acceptors (Lipinski definition) is 3. The van der Waals surface area contributed by atoms with Crippen molar-refractivity contribution in [2.45, 2.75) is 38.1 Å². The maximum Gasteiger partial charge on any atom is 0.223 e. The van der Waals surface area contributed by atoms with Gasteiger partial charge in [-0.2, -0.15) is 15.4 Å². The minimum absolute atomic E-state index is 0.100. The van der Waals surface area contributed by atoms with Crippen LogP contribution in [-0.2, 0) is 17.6 Å². The molecule has 5 heteroatoms. The number of H-pyrrole nitrogens is 1. The summed E-state index contributed by atoms with van der Waals surface area (Å²) in [4.78, 5) is 11.8. The van der Waals surface area contributed by atoms with Crippen LogP contribution in [0.4, 0.5) is 0 Å². The van der Waals surface area contributed by atoms with Crippen LogP contribution in [0.1, 0.15) is 30.7 Å². The quantitative estimate of drug-likeness (QED) is 0.725. The van der Waals surface area contributed by atoms with Gasteiger partial charge >= 0.3 is 0 Å². The van der Waals surface area contributed by atoms with E-state index in [4.69, 9.17) is 0 Å². The average molecular weight is 206 g/mol. The Morgan fingerprint density at radius 2 is 2.07 bits per heavy atom. The lowest BCUT2D eigenvalue weighted by atomic mass is 9.89. The maximum absolute atomic E-state index is 11.8. The first-order valence-electron chi connectivity index (χ1n) is 5.52. The van der Waals surface area contributed by atoms with Crippen molar-refractivity contribution in [1.29, 1.82) is 0 Å². The van der Waals surface area contributed by atoms with Crippen molar-refractivity contribution in [3.63, 3.8) is 0 Å². The van der Waals surface area contributed by atoms with Crippen molar-refractivity contribution in [1.82, 2.24) is 20.7 Å². The number of aryl methyl sites for hydroxylation is 1. The first-order valence-corrected chi connectivity index (χ1v) is 5.52. The summed E-state index contributed by atoms with van der Waals surface area (Å²) in [6, 6.07) is 0.455. The van der Waals surface area contributed by atoms with Gasteiger partial charge in [-0.3, -0.25) is 4.79 Å². The van der Waals surface area contributed by atoms with Crippen LogP contribution in [-0.4, -0.2) is 27.4 Å². The van der Waals surface area contributed by atoms with E-state index >= 15 is 0 Å². The number of aromatic nitrogens is 3. The first kappa shape index (κ1) is 8.88. The van der Waals surface area contributed by atoms with E-state index in [0.29, 0.717) is 6.04 Å². The Kier molecular flexibility index (Phi) is 1.97. The fraction of sp³-hybridized carbons (Fsp3) is 0.700. The molecule has 15 heavy (non-hydrogen) atoms. The van der Waals surface area contributed by atoms with Gasteiger partial charge in [0.25, 0.3) is 0 Å². The average Bonchev–Trinajstić information content (AvgIpc) is 2.94. The smallest absolute Gasteiger partial charge is 0.223 e. The standard InChI is InChI=1S/C10H14N4O/c15-10(11-7-2-3-7)6-1-4-8-9(5-6)13-14-12-8/h6-7H,1-5H2,(H,11,15)(H,12,13,14). The molecule has 1 heterocycles. The number of nitrogens with zero attached hydrogens (tertiary/aromatic N) is 2.